The smallest absolute Gasteiger partial charge is 0.256 e. The van der Waals surface area contributed by atoms with Gasteiger partial charge >= 0.3 is 0 Å². The first-order valence-corrected chi connectivity index (χ1v) is 14.6. The first kappa shape index (κ1) is 32.5. The van der Waals surface area contributed by atoms with E-state index < -0.39 is 6.04 Å². The molecule has 0 radical (unpaired) electrons. The van der Waals surface area contributed by atoms with Gasteiger partial charge in [0.15, 0.2) is 0 Å². The minimum atomic E-state index is -0.480. The first-order valence-electron chi connectivity index (χ1n) is 14.6. The van der Waals surface area contributed by atoms with E-state index in [9.17, 15) is 14.4 Å². The monoisotopic (exact) mass is 546 g/mol. The molecule has 0 aromatic carbocycles. The number of pyridine rings is 1. The topological polar surface area (TPSA) is 91.4 Å². The Bertz CT molecular complexity index is 1030. The van der Waals surface area contributed by atoms with Crippen molar-refractivity contribution in [3.63, 3.8) is 0 Å². The predicted molar refractivity (Wildman–Crippen MR) is 163 cm³/mol. The van der Waals surface area contributed by atoms with Crippen LogP contribution in [0, 0.1) is 0 Å². The molecule has 1 unspecified atom stereocenters. The van der Waals surface area contributed by atoms with Gasteiger partial charge in [0.2, 0.25) is 11.8 Å². The van der Waals surface area contributed by atoms with Gasteiger partial charge in [-0.15, -0.1) is 0 Å². The Morgan fingerprint density at radius 2 is 1.52 bits per heavy atom. The molecule has 2 heterocycles. The van der Waals surface area contributed by atoms with Crippen LogP contribution in [-0.2, 0) is 9.59 Å². The van der Waals surface area contributed by atoms with Crippen LogP contribution in [-0.4, -0.2) is 53.3 Å². The first-order chi connectivity index (χ1) is 19.6. The van der Waals surface area contributed by atoms with Crippen molar-refractivity contribution >= 4 is 17.7 Å². The molecule has 7 heteroatoms. The van der Waals surface area contributed by atoms with Crippen molar-refractivity contribution in [1.29, 1.82) is 0 Å². The largest absolute Gasteiger partial charge is 0.354 e. The lowest BCUT2D eigenvalue weighted by atomic mass is 10.2. The molecular formula is C33H46N4O3. The molecule has 2 rings (SSSR count). The Kier molecular flexibility index (Phi) is 17.2. The zero-order valence-electron chi connectivity index (χ0n) is 24.0. The van der Waals surface area contributed by atoms with Crippen LogP contribution in [0.4, 0.5) is 0 Å². The van der Waals surface area contributed by atoms with E-state index in [-0.39, 0.29) is 17.7 Å². The minimum absolute atomic E-state index is 0.0177. The maximum absolute atomic E-state index is 12.7. The van der Waals surface area contributed by atoms with Crippen molar-refractivity contribution in [2.24, 2.45) is 0 Å². The molecule has 1 fully saturated rings. The number of nitrogens with one attached hydrogen (secondary N) is 2. The third-order valence-corrected chi connectivity index (χ3v) is 6.40. The molecule has 3 amide bonds. The zero-order chi connectivity index (χ0) is 28.7. The fraction of sp³-hybridized carbons (Fsp3) is 0.455. The number of hydrogen-bond acceptors (Lipinski definition) is 4. The van der Waals surface area contributed by atoms with E-state index in [1.54, 1.807) is 23.2 Å². The molecule has 2 N–H and O–H groups in total. The van der Waals surface area contributed by atoms with E-state index in [1.807, 2.05) is 0 Å². The number of carbonyl (C=O) groups is 3. The van der Waals surface area contributed by atoms with Gasteiger partial charge in [-0.05, 0) is 69.9 Å². The summed E-state index contributed by atoms with van der Waals surface area (Å²) in [6, 6.07) is 2.94. The Morgan fingerprint density at radius 1 is 0.900 bits per heavy atom. The van der Waals surface area contributed by atoms with Gasteiger partial charge in [0, 0.05) is 38.4 Å². The van der Waals surface area contributed by atoms with Crippen LogP contribution >= 0.6 is 0 Å². The second-order valence-corrected chi connectivity index (χ2v) is 9.64. The second kappa shape index (κ2) is 21.1. The summed E-state index contributed by atoms with van der Waals surface area (Å²) in [6.45, 7) is 3.41. The Labute approximate surface area is 240 Å². The highest BCUT2D eigenvalue weighted by atomic mass is 16.2. The average molecular weight is 547 g/mol. The normalized spacial score (nSPS) is 15.8. The molecule has 40 heavy (non-hydrogen) atoms. The van der Waals surface area contributed by atoms with E-state index >= 15 is 0 Å². The van der Waals surface area contributed by atoms with E-state index in [4.69, 9.17) is 0 Å². The number of likely N-dealkylation sites (tertiary alicyclic amines) is 1. The summed E-state index contributed by atoms with van der Waals surface area (Å²) in [5.74, 6) is -0.371. The maximum atomic E-state index is 12.7. The van der Waals surface area contributed by atoms with Crippen LogP contribution < -0.4 is 10.6 Å². The van der Waals surface area contributed by atoms with Crippen molar-refractivity contribution in [3.8, 4) is 0 Å². The summed E-state index contributed by atoms with van der Waals surface area (Å²) >= 11 is 0. The molecule has 0 aliphatic carbocycles. The van der Waals surface area contributed by atoms with Crippen LogP contribution in [0.1, 0.15) is 81.5 Å². The lowest BCUT2D eigenvalue weighted by molar-refractivity contribution is -0.125. The summed E-state index contributed by atoms with van der Waals surface area (Å²) in [4.78, 5) is 43.0. The Hall–Kier alpha value is -3.74. The van der Waals surface area contributed by atoms with E-state index in [1.165, 1.54) is 6.20 Å². The summed E-state index contributed by atoms with van der Waals surface area (Å²) in [7, 11) is 0. The van der Waals surface area contributed by atoms with Gasteiger partial charge in [-0.1, -0.05) is 67.7 Å². The van der Waals surface area contributed by atoms with Gasteiger partial charge in [-0.25, -0.2) is 0 Å². The van der Waals surface area contributed by atoms with Gasteiger partial charge in [0.05, 0.1) is 5.56 Å². The molecule has 1 aliphatic heterocycles. The van der Waals surface area contributed by atoms with Crippen molar-refractivity contribution in [2.45, 2.75) is 77.2 Å². The van der Waals surface area contributed by atoms with Crippen molar-refractivity contribution in [3.05, 3.63) is 90.9 Å². The predicted octanol–water partition coefficient (Wildman–Crippen LogP) is 5.84. The fourth-order valence-corrected chi connectivity index (χ4v) is 4.28. The molecule has 0 saturated carbocycles. The number of nitrogens with zero attached hydrogens (tertiary/aromatic N) is 2. The molecule has 1 aromatic rings. The highest BCUT2D eigenvalue weighted by Gasteiger charge is 2.34. The molecule has 1 aromatic heterocycles. The van der Waals surface area contributed by atoms with Gasteiger partial charge in [-0.2, -0.15) is 0 Å². The number of unbranched alkanes of at least 4 members (excludes halogenated alkanes) is 1. The quantitative estimate of drug-likeness (QED) is 0.179. The molecule has 216 valence electrons. The van der Waals surface area contributed by atoms with Crippen LogP contribution in [0.15, 0.2) is 85.3 Å². The maximum Gasteiger partial charge on any atom is 0.256 e. The number of amides is 3. The molecule has 1 atom stereocenters. The zero-order valence-corrected chi connectivity index (χ0v) is 24.0. The van der Waals surface area contributed by atoms with E-state index in [2.05, 4.69) is 83.3 Å². The Morgan fingerprint density at radius 3 is 2.15 bits per heavy atom. The number of allylic oxidation sites excluding steroid dienone is 10. The lowest BCUT2D eigenvalue weighted by Crippen LogP contribution is -2.47. The lowest BCUT2D eigenvalue weighted by Gasteiger charge is -2.24. The summed E-state index contributed by atoms with van der Waals surface area (Å²) in [5, 5.41) is 5.70. The van der Waals surface area contributed by atoms with Crippen molar-refractivity contribution in [1.82, 2.24) is 20.5 Å². The van der Waals surface area contributed by atoms with Crippen molar-refractivity contribution in [2.75, 3.05) is 19.6 Å². The molecule has 0 spiro atoms. The number of aromatic nitrogens is 1. The van der Waals surface area contributed by atoms with E-state index in [0.717, 1.165) is 51.4 Å². The van der Waals surface area contributed by atoms with Crippen LogP contribution in [0.2, 0.25) is 0 Å². The van der Waals surface area contributed by atoms with Crippen LogP contribution in [0.3, 0.4) is 0 Å². The van der Waals surface area contributed by atoms with Gasteiger partial charge < -0.3 is 15.5 Å². The second-order valence-electron chi connectivity index (χ2n) is 9.64. The molecule has 7 nitrogen and oxygen atoms in total. The fourth-order valence-electron chi connectivity index (χ4n) is 4.28. The highest BCUT2D eigenvalue weighted by molar-refractivity contribution is 5.97. The summed E-state index contributed by atoms with van der Waals surface area (Å²) in [5.41, 5.74) is 0.485. The summed E-state index contributed by atoms with van der Waals surface area (Å²) < 4.78 is 0. The van der Waals surface area contributed by atoms with Crippen LogP contribution in [0.5, 0.6) is 0 Å². The number of carbonyl (C=O) groups excluding carboxylic acids is 3. The van der Waals surface area contributed by atoms with Gasteiger partial charge in [0.25, 0.3) is 5.91 Å². The molecule has 0 bridgehead atoms. The van der Waals surface area contributed by atoms with Gasteiger partial charge in [-0.3, -0.25) is 19.4 Å². The summed E-state index contributed by atoms with van der Waals surface area (Å²) in [6.07, 6.45) is 33.3. The van der Waals surface area contributed by atoms with Crippen molar-refractivity contribution < 1.29 is 14.4 Å². The number of rotatable bonds is 18. The van der Waals surface area contributed by atoms with Crippen LogP contribution in [0.25, 0.3) is 0 Å². The molecule has 1 saturated heterocycles. The Balaban J connectivity index is 1.48. The third-order valence-electron chi connectivity index (χ3n) is 6.40. The van der Waals surface area contributed by atoms with E-state index in [0.29, 0.717) is 38.0 Å². The van der Waals surface area contributed by atoms with Gasteiger partial charge in [0.1, 0.15) is 6.04 Å². The minimum Gasteiger partial charge on any atom is -0.354 e. The highest BCUT2D eigenvalue weighted by Crippen LogP contribution is 2.20. The number of hydrogen-bond donors (Lipinski definition) is 2. The standard InChI is InChI=1S/C33H46N4O3/c1-2-3-4-5-6-7-8-9-10-11-12-13-14-15-16-17-18-23-31(38)35-25-26-36-32(39)30-22-20-27-37(30)33(40)29-21-19-24-34-28-29/h3-4,6-7,9-10,12-13,15-16,19,21,24,28,30H,2,5,8,11,14,17-18,20,22-23,25-27H2,1H3,(H,35,38)(H,36,39). The molecule has 1 aliphatic rings. The average Bonchev–Trinajstić information content (AvgIpc) is 3.47. The third kappa shape index (κ3) is 13.9. The molecular weight excluding hydrogens is 500 g/mol. The SMILES string of the molecule is CCC=CCC=CCC=CCC=CCC=CCCCC(=O)NCCNC(=O)C1CCCN1C(=O)c1cccnc1.